The van der Waals surface area contributed by atoms with Crippen LogP contribution in [0.3, 0.4) is 0 Å². The molecule has 0 aliphatic heterocycles. The normalized spacial score (nSPS) is 10.7. The highest BCUT2D eigenvalue weighted by molar-refractivity contribution is 7.99. The van der Waals surface area contributed by atoms with Crippen molar-refractivity contribution in [2.24, 2.45) is 0 Å². The number of carbonyl (C=O) groups is 1. The minimum atomic E-state index is 0.208. The van der Waals surface area contributed by atoms with Gasteiger partial charge in [-0.15, -0.1) is 11.8 Å². The van der Waals surface area contributed by atoms with Crippen molar-refractivity contribution in [1.82, 2.24) is 4.98 Å². The smallest absolute Gasteiger partial charge is 0.174 e. The van der Waals surface area contributed by atoms with E-state index < -0.39 is 0 Å². The summed E-state index contributed by atoms with van der Waals surface area (Å²) in [6, 6.07) is 10.4. The van der Waals surface area contributed by atoms with Gasteiger partial charge < -0.3 is 4.98 Å². The Balaban J connectivity index is 1.89. The summed E-state index contributed by atoms with van der Waals surface area (Å²) in [5.74, 6) is 1.63. The van der Waals surface area contributed by atoms with Gasteiger partial charge in [0.2, 0.25) is 0 Å². The van der Waals surface area contributed by atoms with Crippen LogP contribution in [0.25, 0.3) is 0 Å². The molecule has 0 saturated heterocycles. The lowest BCUT2D eigenvalue weighted by atomic mass is 10.2. The van der Waals surface area contributed by atoms with E-state index in [9.17, 15) is 4.79 Å². The minimum Gasteiger partial charge on any atom is -0.362 e. The third-order valence-corrected chi connectivity index (χ3v) is 4.04. The lowest BCUT2D eigenvalue weighted by molar-refractivity contribution is 0.102. The Labute approximate surface area is 118 Å². The molecule has 1 aromatic carbocycles. The Morgan fingerprint density at radius 2 is 2.00 bits per heavy atom. The van der Waals surface area contributed by atoms with Crippen molar-refractivity contribution in [2.45, 2.75) is 26.5 Å². The van der Waals surface area contributed by atoms with Crippen LogP contribution in [0.1, 0.15) is 32.9 Å². The summed E-state index contributed by atoms with van der Waals surface area (Å²) in [4.78, 5) is 15.3. The number of benzene rings is 1. The SMILES string of the molecule is Cc1cccc(CSCC(=O)c2cc(C)[nH]c2C)c1. The quantitative estimate of drug-likeness (QED) is 0.833. The second-order valence-electron chi connectivity index (χ2n) is 4.90. The van der Waals surface area contributed by atoms with Gasteiger partial charge in [0.15, 0.2) is 5.78 Å². The zero-order chi connectivity index (χ0) is 13.8. The number of nitrogens with one attached hydrogen (secondary N) is 1. The lowest BCUT2D eigenvalue weighted by Crippen LogP contribution is -2.03. The van der Waals surface area contributed by atoms with Crippen molar-refractivity contribution in [1.29, 1.82) is 0 Å². The van der Waals surface area contributed by atoms with Gasteiger partial charge in [-0.05, 0) is 32.4 Å². The highest BCUT2D eigenvalue weighted by Gasteiger charge is 2.11. The predicted molar refractivity (Wildman–Crippen MR) is 81.9 cm³/mol. The fourth-order valence-corrected chi connectivity index (χ4v) is 3.01. The fourth-order valence-electron chi connectivity index (χ4n) is 2.15. The molecule has 0 fully saturated rings. The summed E-state index contributed by atoms with van der Waals surface area (Å²) < 4.78 is 0. The van der Waals surface area contributed by atoms with Gasteiger partial charge in [-0.25, -0.2) is 0 Å². The van der Waals surface area contributed by atoms with Gasteiger partial charge in [-0.1, -0.05) is 29.8 Å². The Morgan fingerprint density at radius 1 is 1.21 bits per heavy atom. The molecule has 0 aliphatic rings. The molecular weight excluding hydrogens is 254 g/mol. The number of Topliss-reactive ketones (excluding diaryl/α,β-unsaturated/α-hetero) is 1. The van der Waals surface area contributed by atoms with E-state index in [1.807, 2.05) is 19.9 Å². The summed E-state index contributed by atoms with van der Waals surface area (Å²) in [5, 5.41) is 0. The van der Waals surface area contributed by atoms with Crippen molar-refractivity contribution in [3.05, 3.63) is 58.4 Å². The molecule has 2 rings (SSSR count). The number of hydrogen-bond acceptors (Lipinski definition) is 2. The zero-order valence-electron chi connectivity index (χ0n) is 11.6. The van der Waals surface area contributed by atoms with Crippen molar-refractivity contribution >= 4 is 17.5 Å². The second kappa shape index (κ2) is 6.11. The number of ketones is 1. The van der Waals surface area contributed by atoms with E-state index in [1.165, 1.54) is 11.1 Å². The Hall–Kier alpha value is -1.48. The van der Waals surface area contributed by atoms with Crippen LogP contribution in [0.5, 0.6) is 0 Å². The maximum Gasteiger partial charge on any atom is 0.174 e. The molecule has 0 aliphatic carbocycles. The van der Waals surface area contributed by atoms with Gasteiger partial charge in [-0.2, -0.15) is 0 Å². The standard InChI is InChI=1S/C16H19NOS/c1-11-5-4-6-14(7-11)9-19-10-16(18)15-8-12(2)17-13(15)3/h4-8,17H,9-10H2,1-3H3. The molecule has 0 radical (unpaired) electrons. The van der Waals surface area contributed by atoms with Crippen LogP contribution in [0.4, 0.5) is 0 Å². The van der Waals surface area contributed by atoms with E-state index in [4.69, 9.17) is 0 Å². The molecule has 2 aromatic rings. The molecule has 0 spiro atoms. The van der Waals surface area contributed by atoms with Gasteiger partial charge in [0.1, 0.15) is 0 Å². The maximum atomic E-state index is 12.1. The average Bonchev–Trinajstić information content (AvgIpc) is 2.68. The average molecular weight is 273 g/mol. The minimum absolute atomic E-state index is 0.208. The second-order valence-corrected chi connectivity index (χ2v) is 5.88. The van der Waals surface area contributed by atoms with Crippen molar-refractivity contribution in [2.75, 3.05) is 5.75 Å². The van der Waals surface area contributed by atoms with E-state index in [1.54, 1.807) is 11.8 Å². The fraction of sp³-hybridized carbons (Fsp3) is 0.312. The van der Waals surface area contributed by atoms with Crippen LogP contribution in [0.2, 0.25) is 0 Å². The molecule has 0 bridgehead atoms. The van der Waals surface area contributed by atoms with Gasteiger partial charge >= 0.3 is 0 Å². The molecule has 2 nitrogen and oxygen atoms in total. The molecule has 3 heteroatoms. The molecule has 100 valence electrons. The van der Waals surface area contributed by atoms with Crippen LogP contribution in [-0.4, -0.2) is 16.5 Å². The lowest BCUT2D eigenvalue weighted by Gasteiger charge is -2.03. The number of aromatic amines is 1. The number of hydrogen-bond donors (Lipinski definition) is 1. The number of aromatic nitrogens is 1. The van der Waals surface area contributed by atoms with Crippen LogP contribution in [-0.2, 0) is 5.75 Å². The molecule has 0 amide bonds. The molecule has 1 N–H and O–H groups in total. The first-order valence-electron chi connectivity index (χ1n) is 6.39. The maximum absolute atomic E-state index is 12.1. The van der Waals surface area contributed by atoms with Crippen molar-refractivity contribution in [3.8, 4) is 0 Å². The van der Waals surface area contributed by atoms with E-state index >= 15 is 0 Å². The number of H-pyrrole nitrogens is 1. The third-order valence-electron chi connectivity index (χ3n) is 3.03. The Bertz CT molecular complexity index is 586. The number of thioether (sulfide) groups is 1. The Kier molecular flexibility index (Phi) is 4.48. The van der Waals surface area contributed by atoms with Crippen LogP contribution < -0.4 is 0 Å². The van der Waals surface area contributed by atoms with Crippen molar-refractivity contribution in [3.63, 3.8) is 0 Å². The van der Waals surface area contributed by atoms with E-state index in [0.717, 1.165) is 22.7 Å². The van der Waals surface area contributed by atoms with E-state index in [-0.39, 0.29) is 5.78 Å². The summed E-state index contributed by atoms with van der Waals surface area (Å²) in [7, 11) is 0. The van der Waals surface area contributed by atoms with E-state index in [0.29, 0.717) is 5.75 Å². The highest BCUT2D eigenvalue weighted by Crippen LogP contribution is 2.17. The zero-order valence-corrected chi connectivity index (χ0v) is 12.4. The first-order valence-corrected chi connectivity index (χ1v) is 7.54. The molecule has 0 atom stereocenters. The number of carbonyl (C=O) groups excluding carboxylic acids is 1. The monoisotopic (exact) mass is 273 g/mol. The third kappa shape index (κ3) is 3.74. The molecular formula is C16H19NOS. The van der Waals surface area contributed by atoms with Crippen LogP contribution in [0, 0.1) is 20.8 Å². The predicted octanol–water partition coefficient (Wildman–Crippen LogP) is 4.06. The van der Waals surface area contributed by atoms with Gasteiger partial charge in [0.05, 0.1) is 5.75 Å². The molecule has 0 saturated carbocycles. The van der Waals surface area contributed by atoms with Gasteiger partial charge in [0, 0.05) is 22.7 Å². The number of aryl methyl sites for hydroxylation is 3. The Morgan fingerprint density at radius 3 is 2.63 bits per heavy atom. The summed E-state index contributed by atoms with van der Waals surface area (Å²) in [5.41, 5.74) is 5.39. The topological polar surface area (TPSA) is 32.9 Å². The van der Waals surface area contributed by atoms with Crippen LogP contribution >= 0.6 is 11.8 Å². The molecule has 19 heavy (non-hydrogen) atoms. The summed E-state index contributed by atoms with van der Waals surface area (Å²) in [6.07, 6.45) is 0. The molecule has 1 aromatic heterocycles. The number of rotatable bonds is 5. The van der Waals surface area contributed by atoms with E-state index in [2.05, 4.69) is 36.2 Å². The van der Waals surface area contributed by atoms with Gasteiger partial charge in [0.25, 0.3) is 0 Å². The van der Waals surface area contributed by atoms with Crippen LogP contribution in [0.15, 0.2) is 30.3 Å². The highest BCUT2D eigenvalue weighted by atomic mass is 32.2. The molecule has 0 unspecified atom stereocenters. The summed E-state index contributed by atoms with van der Waals surface area (Å²) >= 11 is 1.67. The largest absolute Gasteiger partial charge is 0.362 e. The first kappa shape index (κ1) is 13.9. The molecule has 1 heterocycles. The first-order chi connectivity index (χ1) is 9.06. The summed E-state index contributed by atoms with van der Waals surface area (Å²) in [6.45, 7) is 6.01. The van der Waals surface area contributed by atoms with Crippen molar-refractivity contribution < 1.29 is 4.79 Å². The van der Waals surface area contributed by atoms with Gasteiger partial charge in [-0.3, -0.25) is 4.79 Å².